The van der Waals surface area contributed by atoms with Crippen LogP contribution >= 0.6 is 12.2 Å². The minimum Gasteiger partial charge on any atom is -0.343 e. The zero-order valence-corrected chi connectivity index (χ0v) is 16.1. The molecule has 0 saturated carbocycles. The number of allylic oxidation sites excluding steroid dienone is 1. The lowest BCUT2D eigenvalue weighted by atomic mass is 9.90. The van der Waals surface area contributed by atoms with Crippen LogP contribution in [0, 0.1) is 0 Å². The van der Waals surface area contributed by atoms with E-state index < -0.39 is 0 Å². The van der Waals surface area contributed by atoms with E-state index in [1.807, 2.05) is 31.3 Å². The molecular weight excluding hydrogens is 304 g/mol. The molecule has 0 saturated heterocycles. The predicted molar refractivity (Wildman–Crippen MR) is 103 cm³/mol. The van der Waals surface area contributed by atoms with Gasteiger partial charge in [-0.1, -0.05) is 23.8 Å². The van der Waals surface area contributed by atoms with Crippen molar-refractivity contribution in [3.63, 3.8) is 0 Å². The van der Waals surface area contributed by atoms with Gasteiger partial charge in [0, 0.05) is 19.2 Å². The van der Waals surface area contributed by atoms with Crippen molar-refractivity contribution in [2.24, 2.45) is 0 Å². The Morgan fingerprint density at radius 2 is 1.74 bits per heavy atom. The number of likely N-dealkylation sites (N-methyl/N-ethyl adjacent to an activating group) is 1. The van der Waals surface area contributed by atoms with E-state index in [2.05, 4.69) is 44.8 Å². The Hall–Kier alpha value is -1.68. The molecule has 1 N–H and O–H groups in total. The molecule has 0 spiro atoms. The second-order valence-corrected chi connectivity index (χ2v) is 7.10. The van der Waals surface area contributed by atoms with Crippen LogP contribution in [0.25, 0.3) is 0 Å². The minimum absolute atomic E-state index is 0.138. The van der Waals surface area contributed by atoms with Crippen LogP contribution in [0.4, 0.5) is 5.69 Å². The third-order valence-corrected chi connectivity index (χ3v) is 4.89. The Bertz CT molecular complexity index is 628. The molecule has 0 amide bonds. The molecule has 126 valence electrons. The summed E-state index contributed by atoms with van der Waals surface area (Å²) >= 11 is 5.59. The van der Waals surface area contributed by atoms with Crippen LogP contribution in [-0.4, -0.2) is 28.4 Å². The van der Waals surface area contributed by atoms with Gasteiger partial charge in [0.2, 0.25) is 0 Å². The molecule has 1 aromatic rings. The summed E-state index contributed by atoms with van der Waals surface area (Å²) in [5.41, 5.74) is 4.26. The Balaban J connectivity index is 3.00. The summed E-state index contributed by atoms with van der Waals surface area (Å²) in [6, 6.07) is 7.80. The summed E-state index contributed by atoms with van der Waals surface area (Å²) in [6.45, 7) is 12.3. The van der Waals surface area contributed by atoms with Gasteiger partial charge in [0.25, 0.3) is 0 Å². The topological polar surface area (TPSA) is 32.3 Å². The van der Waals surface area contributed by atoms with Gasteiger partial charge in [-0.05, 0) is 71.0 Å². The molecule has 3 nitrogen and oxygen atoms in total. The summed E-state index contributed by atoms with van der Waals surface area (Å²) in [7, 11) is 2.00. The number of para-hydroxylation sites is 1. The van der Waals surface area contributed by atoms with Crippen LogP contribution < -0.4 is 5.32 Å². The molecular formula is C19H28N2OS. The van der Waals surface area contributed by atoms with Crippen molar-refractivity contribution in [1.29, 1.82) is 0 Å². The number of thiocarbonyl (C=S) groups is 1. The molecule has 0 atom stereocenters. The average Bonchev–Trinajstić information content (AvgIpc) is 2.46. The SMILES string of the molecule is CC(=O)Cc1ccccc1NC(=S)N(C)C(C)(C)C(C)=C(C)C. The number of hydrogen-bond donors (Lipinski definition) is 1. The molecule has 0 unspecified atom stereocenters. The van der Waals surface area contributed by atoms with Crippen molar-refractivity contribution in [3.8, 4) is 0 Å². The van der Waals surface area contributed by atoms with E-state index in [0.717, 1.165) is 11.3 Å². The van der Waals surface area contributed by atoms with Crippen molar-refractivity contribution in [1.82, 2.24) is 4.90 Å². The number of nitrogens with zero attached hydrogens (tertiary/aromatic N) is 1. The number of ketones is 1. The molecule has 1 rings (SSSR count). The van der Waals surface area contributed by atoms with Crippen LogP contribution in [0.2, 0.25) is 0 Å². The number of carbonyl (C=O) groups is 1. The third-order valence-electron chi connectivity index (χ3n) is 4.51. The fraction of sp³-hybridized carbons (Fsp3) is 0.474. The van der Waals surface area contributed by atoms with E-state index >= 15 is 0 Å². The molecule has 0 aliphatic rings. The lowest BCUT2D eigenvalue weighted by Crippen LogP contribution is -2.48. The lowest BCUT2D eigenvalue weighted by Gasteiger charge is -2.39. The Kier molecular flexibility index (Phi) is 6.51. The first kappa shape index (κ1) is 19.4. The minimum atomic E-state index is -0.182. The smallest absolute Gasteiger partial charge is 0.173 e. The van der Waals surface area contributed by atoms with Gasteiger partial charge in [-0.15, -0.1) is 0 Å². The molecule has 23 heavy (non-hydrogen) atoms. The number of nitrogens with one attached hydrogen (secondary N) is 1. The molecule has 0 fully saturated rings. The summed E-state index contributed by atoms with van der Waals surface area (Å²) in [5.74, 6) is 0.138. The van der Waals surface area contributed by atoms with E-state index in [9.17, 15) is 4.79 Å². The van der Waals surface area contributed by atoms with Crippen LogP contribution in [0.1, 0.15) is 47.1 Å². The Morgan fingerprint density at radius 1 is 1.17 bits per heavy atom. The number of anilines is 1. The normalized spacial score (nSPS) is 10.9. The van der Waals surface area contributed by atoms with Crippen molar-refractivity contribution in [2.75, 3.05) is 12.4 Å². The van der Waals surface area contributed by atoms with Gasteiger partial charge in [-0.25, -0.2) is 0 Å². The van der Waals surface area contributed by atoms with Crippen LogP contribution in [0.5, 0.6) is 0 Å². The van der Waals surface area contributed by atoms with Gasteiger partial charge < -0.3 is 10.2 Å². The average molecular weight is 333 g/mol. The first-order chi connectivity index (χ1) is 10.6. The quantitative estimate of drug-likeness (QED) is 0.632. The molecule has 0 aliphatic carbocycles. The molecule has 0 aliphatic heterocycles. The number of carbonyl (C=O) groups excluding carboxylic acids is 1. The molecule has 0 heterocycles. The zero-order valence-electron chi connectivity index (χ0n) is 15.3. The maximum absolute atomic E-state index is 11.4. The van der Waals surface area contributed by atoms with E-state index in [0.29, 0.717) is 11.5 Å². The monoisotopic (exact) mass is 332 g/mol. The highest BCUT2D eigenvalue weighted by Crippen LogP contribution is 2.26. The maximum Gasteiger partial charge on any atom is 0.173 e. The fourth-order valence-electron chi connectivity index (χ4n) is 2.38. The highest BCUT2D eigenvalue weighted by Gasteiger charge is 2.28. The fourth-order valence-corrected chi connectivity index (χ4v) is 2.72. The Labute approximate surface area is 145 Å². The first-order valence-electron chi connectivity index (χ1n) is 7.84. The molecule has 0 bridgehead atoms. The Morgan fingerprint density at radius 3 is 2.26 bits per heavy atom. The number of benzene rings is 1. The van der Waals surface area contributed by atoms with Crippen molar-refractivity contribution in [2.45, 2.75) is 53.5 Å². The summed E-state index contributed by atoms with van der Waals surface area (Å²) in [5, 5.41) is 3.94. The van der Waals surface area contributed by atoms with Crippen molar-refractivity contribution < 1.29 is 4.79 Å². The number of rotatable bonds is 5. The molecule has 0 radical (unpaired) electrons. The second kappa shape index (κ2) is 7.73. The largest absolute Gasteiger partial charge is 0.343 e. The zero-order chi connectivity index (χ0) is 17.8. The lowest BCUT2D eigenvalue weighted by molar-refractivity contribution is -0.116. The number of Topliss-reactive ketones (excluding diaryl/α,β-unsaturated/α-hetero) is 1. The highest BCUT2D eigenvalue weighted by molar-refractivity contribution is 7.80. The molecule has 1 aromatic carbocycles. The predicted octanol–water partition coefficient (Wildman–Crippen LogP) is 4.58. The van der Waals surface area contributed by atoms with Crippen LogP contribution in [-0.2, 0) is 11.2 Å². The maximum atomic E-state index is 11.4. The van der Waals surface area contributed by atoms with E-state index in [1.54, 1.807) is 6.92 Å². The van der Waals surface area contributed by atoms with Gasteiger partial charge in [0.15, 0.2) is 5.11 Å². The van der Waals surface area contributed by atoms with Gasteiger partial charge >= 0.3 is 0 Å². The van der Waals surface area contributed by atoms with E-state index in [4.69, 9.17) is 12.2 Å². The molecule has 0 aromatic heterocycles. The summed E-state index contributed by atoms with van der Waals surface area (Å²) in [4.78, 5) is 13.5. The van der Waals surface area contributed by atoms with Crippen molar-refractivity contribution >= 4 is 28.8 Å². The summed E-state index contributed by atoms with van der Waals surface area (Å²) in [6.07, 6.45) is 0.409. The molecule has 4 heteroatoms. The van der Waals surface area contributed by atoms with Gasteiger partial charge in [0.1, 0.15) is 5.78 Å². The van der Waals surface area contributed by atoms with E-state index in [1.165, 1.54) is 11.1 Å². The van der Waals surface area contributed by atoms with Crippen LogP contribution in [0.15, 0.2) is 35.4 Å². The standard InChI is InChI=1S/C19H28N2OS/c1-13(2)15(4)19(5,6)21(7)18(23)20-17-11-9-8-10-16(17)12-14(3)22/h8-11H,12H2,1-7H3,(H,20,23). The van der Waals surface area contributed by atoms with Crippen molar-refractivity contribution in [3.05, 3.63) is 41.0 Å². The number of hydrogen-bond acceptors (Lipinski definition) is 2. The summed E-state index contributed by atoms with van der Waals surface area (Å²) < 4.78 is 0. The third kappa shape index (κ3) is 4.90. The van der Waals surface area contributed by atoms with Gasteiger partial charge in [0.05, 0.1) is 5.54 Å². The first-order valence-corrected chi connectivity index (χ1v) is 8.25. The van der Waals surface area contributed by atoms with Gasteiger partial charge in [-0.2, -0.15) is 0 Å². The van der Waals surface area contributed by atoms with Gasteiger partial charge in [-0.3, -0.25) is 4.79 Å². The second-order valence-electron chi connectivity index (χ2n) is 6.71. The van der Waals surface area contributed by atoms with E-state index in [-0.39, 0.29) is 11.3 Å². The van der Waals surface area contributed by atoms with Crippen LogP contribution in [0.3, 0.4) is 0 Å². The highest BCUT2D eigenvalue weighted by atomic mass is 32.1.